The van der Waals surface area contributed by atoms with Gasteiger partial charge in [0.05, 0.1) is 44.6 Å². The standard InChI is InChI=1S/C26H20ClFN6O/c1-5-20-17-7-14(6-12(2)21(17)26(35)33-32-20)19-11-31-34(4)25(19)22-18(9-29)24-16(13(3)23(22)28)8-15(27)10-30-24/h6-8,10-11H,5H2,1-4H3,(H,33,35). The zero-order valence-electron chi connectivity index (χ0n) is 19.5. The highest BCUT2D eigenvalue weighted by molar-refractivity contribution is 6.31. The molecular weight excluding hydrogens is 467 g/mol. The van der Waals surface area contributed by atoms with E-state index in [0.29, 0.717) is 44.6 Å². The number of benzene rings is 2. The van der Waals surface area contributed by atoms with Crippen molar-refractivity contribution in [3.8, 4) is 28.5 Å². The Balaban J connectivity index is 1.87. The van der Waals surface area contributed by atoms with E-state index >= 15 is 4.39 Å². The number of aromatic amines is 1. The summed E-state index contributed by atoms with van der Waals surface area (Å²) in [5.74, 6) is -0.534. The number of pyridine rings is 1. The van der Waals surface area contributed by atoms with Crippen molar-refractivity contribution in [1.29, 1.82) is 5.26 Å². The van der Waals surface area contributed by atoms with Crippen LogP contribution in [0.1, 0.15) is 29.3 Å². The fourth-order valence-corrected chi connectivity index (χ4v) is 4.87. The normalized spacial score (nSPS) is 11.3. The Morgan fingerprint density at radius 2 is 1.97 bits per heavy atom. The van der Waals surface area contributed by atoms with Crippen LogP contribution in [0.15, 0.2) is 35.4 Å². The van der Waals surface area contributed by atoms with Crippen LogP contribution < -0.4 is 5.56 Å². The van der Waals surface area contributed by atoms with E-state index in [9.17, 15) is 10.1 Å². The minimum atomic E-state index is -0.534. The molecule has 0 aliphatic rings. The number of halogens is 2. The Labute approximate surface area is 204 Å². The molecule has 7 nitrogen and oxygen atoms in total. The molecule has 2 aromatic carbocycles. The maximum Gasteiger partial charge on any atom is 0.272 e. The van der Waals surface area contributed by atoms with E-state index in [4.69, 9.17) is 11.6 Å². The predicted octanol–water partition coefficient (Wildman–Crippen LogP) is 5.38. The number of hydrogen-bond donors (Lipinski definition) is 1. The molecule has 0 aliphatic carbocycles. The van der Waals surface area contributed by atoms with Crippen molar-refractivity contribution >= 4 is 33.3 Å². The maximum absolute atomic E-state index is 15.9. The monoisotopic (exact) mass is 486 g/mol. The average molecular weight is 487 g/mol. The lowest BCUT2D eigenvalue weighted by molar-refractivity contribution is 0.621. The summed E-state index contributed by atoms with van der Waals surface area (Å²) in [6.07, 6.45) is 3.71. The van der Waals surface area contributed by atoms with Crippen molar-refractivity contribution < 1.29 is 4.39 Å². The highest BCUT2D eigenvalue weighted by Crippen LogP contribution is 2.40. The average Bonchev–Trinajstić information content (AvgIpc) is 3.22. The van der Waals surface area contributed by atoms with Crippen molar-refractivity contribution in [2.24, 2.45) is 7.05 Å². The topological polar surface area (TPSA) is 100 Å². The Bertz CT molecular complexity index is 1780. The van der Waals surface area contributed by atoms with Gasteiger partial charge in [-0.25, -0.2) is 9.49 Å². The summed E-state index contributed by atoms with van der Waals surface area (Å²) >= 11 is 6.10. The summed E-state index contributed by atoms with van der Waals surface area (Å²) in [4.78, 5) is 16.8. The number of aryl methyl sites for hydroxylation is 4. The van der Waals surface area contributed by atoms with E-state index < -0.39 is 5.82 Å². The second-order valence-corrected chi connectivity index (χ2v) is 8.89. The van der Waals surface area contributed by atoms with Gasteiger partial charge in [-0.1, -0.05) is 24.6 Å². The number of fused-ring (bicyclic) bond motifs is 2. The Morgan fingerprint density at radius 3 is 2.69 bits per heavy atom. The Morgan fingerprint density at radius 1 is 1.20 bits per heavy atom. The fourth-order valence-electron chi connectivity index (χ4n) is 4.71. The molecule has 5 rings (SSSR count). The first-order chi connectivity index (χ1) is 16.8. The van der Waals surface area contributed by atoms with E-state index in [2.05, 4.69) is 26.3 Å². The molecule has 0 radical (unpaired) electrons. The van der Waals surface area contributed by atoms with E-state index in [-0.39, 0.29) is 16.7 Å². The molecule has 0 amide bonds. The van der Waals surface area contributed by atoms with Crippen LogP contribution >= 0.6 is 11.6 Å². The summed E-state index contributed by atoms with van der Waals surface area (Å²) in [5.41, 5.74) is 4.00. The number of nitrogens with zero attached hydrogens (tertiary/aromatic N) is 5. The maximum atomic E-state index is 15.9. The van der Waals surface area contributed by atoms with Gasteiger partial charge in [-0.05, 0) is 49.1 Å². The minimum absolute atomic E-state index is 0.106. The van der Waals surface area contributed by atoms with Gasteiger partial charge < -0.3 is 0 Å². The molecule has 0 spiro atoms. The van der Waals surface area contributed by atoms with Crippen molar-refractivity contribution in [2.45, 2.75) is 27.2 Å². The van der Waals surface area contributed by atoms with Crippen LogP contribution in [0.3, 0.4) is 0 Å². The number of aromatic nitrogens is 5. The molecule has 9 heteroatoms. The van der Waals surface area contributed by atoms with Crippen LogP contribution in [0, 0.1) is 31.0 Å². The summed E-state index contributed by atoms with van der Waals surface area (Å²) in [6, 6.07) is 7.50. The SMILES string of the molecule is CCc1n[nH]c(=O)c2c(C)cc(-c3cnn(C)c3-c3c(F)c(C)c4cc(Cl)cnc4c3C#N)cc12. The van der Waals surface area contributed by atoms with Gasteiger partial charge in [0.25, 0.3) is 5.56 Å². The largest absolute Gasteiger partial charge is 0.272 e. The molecule has 0 atom stereocenters. The smallest absolute Gasteiger partial charge is 0.267 e. The number of hydrogen-bond acceptors (Lipinski definition) is 5. The second kappa shape index (κ2) is 8.29. The summed E-state index contributed by atoms with van der Waals surface area (Å²) in [6.45, 7) is 5.46. The van der Waals surface area contributed by atoms with Crippen LogP contribution in [0.5, 0.6) is 0 Å². The molecule has 3 heterocycles. The van der Waals surface area contributed by atoms with Crippen LogP contribution in [-0.2, 0) is 13.5 Å². The third-order valence-corrected chi connectivity index (χ3v) is 6.60. The van der Waals surface area contributed by atoms with Gasteiger partial charge in [0.2, 0.25) is 0 Å². The Hall–Kier alpha value is -4.09. The van der Waals surface area contributed by atoms with Gasteiger partial charge in [-0.3, -0.25) is 14.5 Å². The molecule has 5 aromatic rings. The molecule has 174 valence electrons. The summed E-state index contributed by atoms with van der Waals surface area (Å²) in [7, 11) is 1.70. The van der Waals surface area contributed by atoms with E-state index in [1.165, 1.54) is 6.20 Å². The zero-order chi connectivity index (χ0) is 25.0. The predicted molar refractivity (Wildman–Crippen MR) is 134 cm³/mol. The molecule has 0 bridgehead atoms. The molecule has 3 aromatic heterocycles. The lowest BCUT2D eigenvalue weighted by Crippen LogP contribution is -2.12. The van der Waals surface area contributed by atoms with Crippen LogP contribution in [-0.4, -0.2) is 25.0 Å². The van der Waals surface area contributed by atoms with Gasteiger partial charge in [0, 0.05) is 29.6 Å². The van der Waals surface area contributed by atoms with Crippen molar-refractivity contribution in [2.75, 3.05) is 0 Å². The minimum Gasteiger partial charge on any atom is -0.267 e. The number of H-pyrrole nitrogens is 1. The lowest BCUT2D eigenvalue weighted by atomic mass is 9.91. The van der Waals surface area contributed by atoms with Crippen molar-refractivity contribution in [1.82, 2.24) is 25.0 Å². The molecule has 0 saturated heterocycles. The van der Waals surface area contributed by atoms with E-state index in [1.54, 1.807) is 30.9 Å². The van der Waals surface area contributed by atoms with Gasteiger partial charge in [-0.15, -0.1) is 0 Å². The molecule has 1 N–H and O–H groups in total. The first kappa shape index (κ1) is 22.7. The summed E-state index contributed by atoms with van der Waals surface area (Å²) < 4.78 is 17.5. The quantitative estimate of drug-likeness (QED) is 0.369. The van der Waals surface area contributed by atoms with Crippen LogP contribution in [0.4, 0.5) is 4.39 Å². The van der Waals surface area contributed by atoms with Gasteiger partial charge in [-0.2, -0.15) is 15.5 Å². The number of nitriles is 1. The molecule has 0 unspecified atom stereocenters. The van der Waals surface area contributed by atoms with Gasteiger partial charge >= 0.3 is 0 Å². The van der Waals surface area contributed by atoms with Crippen LogP contribution in [0.2, 0.25) is 5.02 Å². The summed E-state index contributed by atoms with van der Waals surface area (Å²) in [5, 5.41) is 23.4. The first-order valence-corrected chi connectivity index (χ1v) is 11.4. The Kier molecular flexibility index (Phi) is 5.37. The number of nitrogens with one attached hydrogen (secondary N) is 1. The van der Waals surface area contributed by atoms with E-state index in [1.807, 2.05) is 26.0 Å². The first-order valence-electron chi connectivity index (χ1n) is 11.0. The third kappa shape index (κ3) is 3.39. The second-order valence-electron chi connectivity index (χ2n) is 8.45. The third-order valence-electron chi connectivity index (χ3n) is 6.39. The molecule has 0 aliphatic heterocycles. The zero-order valence-corrected chi connectivity index (χ0v) is 20.3. The van der Waals surface area contributed by atoms with Gasteiger partial charge in [0.1, 0.15) is 11.9 Å². The van der Waals surface area contributed by atoms with Crippen molar-refractivity contribution in [3.05, 3.63) is 74.2 Å². The highest BCUT2D eigenvalue weighted by Gasteiger charge is 2.26. The molecular formula is C26H20ClFN6O. The highest BCUT2D eigenvalue weighted by atomic mass is 35.5. The molecule has 35 heavy (non-hydrogen) atoms. The van der Waals surface area contributed by atoms with Crippen LogP contribution in [0.25, 0.3) is 44.1 Å². The van der Waals surface area contributed by atoms with Crippen molar-refractivity contribution in [3.63, 3.8) is 0 Å². The molecule has 0 fully saturated rings. The fraction of sp³-hybridized carbons (Fsp3) is 0.192. The van der Waals surface area contributed by atoms with Gasteiger partial charge in [0.15, 0.2) is 0 Å². The van der Waals surface area contributed by atoms with E-state index in [0.717, 1.165) is 22.2 Å². The lowest BCUT2D eigenvalue weighted by Gasteiger charge is -2.15. The molecule has 0 saturated carbocycles. The number of rotatable bonds is 3.